The molecular weight excluding hydrogens is 266 g/mol. The molecule has 6 heteroatoms. The van der Waals surface area contributed by atoms with Gasteiger partial charge in [0.1, 0.15) is 12.1 Å². The second-order valence-electron chi connectivity index (χ2n) is 5.05. The number of anilines is 2. The number of fused-ring (bicyclic) bond motifs is 1. The van der Waals surface area contributed by atoms with E-state index in [2.05, 4.69) is 25.3 Å². The summed E-state index contributed by atoms with van der Waals surface area (Å²) in [5.41, 5.74) is 2.84. The molecule has 108 valence electrons. The maximum absolute atomic E-state index is 5.53. The summed E-state index contributed by atoms with van der Waals surface area (Å²) in [5.74, 6) is 1.43. The van der Waals surface area contributed by atoms with Crippen LogP contribution in [0.25, 0.3) is 0 Å². The first-order chi connectivity index (χ1) is 10.2. The van der Waals surface area contributed by atoms with Gasteiger partial charge < -0.3 is 10.1 Å². The van der Waals surface area contributed by atoms with Crippen LogP contribution in [0.5, 0.6) is 5.88 Å². The number of pyridine rings is 1. The molecule has 0 bridgehead atoms. The first kappa shape index (κ1) is 13.5. The monoisotopic (exact) mass is 283 g/mol. The third-order valence-electron chi connectivity index (χ3n) is 3.04. The predicted octanol–water partition coefficient (Wildman–Crippen LogP) is 2.38. The molecule has 0 aliphatic carbocycles. The minimum absolute atomic E-state index is 0.115. The van der Waals surface area contributed by atoms with Crippen LogP contribution in [0, 0.1) is 0 Å². The van der Waals surface area contributed by atoms with E-state index < -0.39 is 0 Å². The van der Waals surface area contributed by atoms with E-state index in [1.54, 1.807) is 18.7 Å². The lowest BCUT2D eigenvalue weighted by atomic mass is 10.1. The lowest BCUT2D eigenvalue weighted by Gasteiger charge is -2.14. The molecule has 21 heavy (non-hydrogen) atoms. The lowest BCUT2D eigenvalue weighted by molar-refractivity contribution is 0.232. The molecule has 3 heterocycles. The predicted molar refractivity (Wildman–Crippen MR) is 81.5 cm³/mol. The third kappa shape index (κ3) is 3.16. The van der Waals surface area contributed by atoms with Crippen LogP contribution >= 0.6 is 0 Å². The molecule has 0 atom stereocenters. The van der Waals surface area contributed by atoms with Gasteiger partial charge in [0.2, 0.25) is 5.88 Å². The Kier molecular flexibility index (Phi) is 3.77. The fourth-order valence-corrected chi connectivity index (χ4v) is 2.12. The molecule has 0 unspecified atom stereocenters. The van der Waals surface area contributed by atoms with Gasteiger partial charge in [0.05, 0.1) is 23.7 Å². The van der Waals surface area contributed by atoms with Gasteiger partial charge >= 0.3 is 0 Å². The number of hydrogen-bond donors (Lipinski definition) is 1. The Balaban J connectivity index is 1.79. The molecule has 0 saturated heterocycles. The molecule has 0 aromatic carbocycles. The van der Waals surface area contributed by atoms with Crippen LogP contribution in [-0.2, 0) is 6.42 Å². The highest BCUT2D eigenvalue weighted by atomic mass is 16.5. The van der Waals surface area contributed by atoms with Crippen molar-refractivity contribution in [1.29, 1.82) is 0 Å². The molecule has 1 aliphatic rings. The summed E-state index contributed by atoms with van der Waals surface area (Å²) in [6.45, 7) is 4.72. The maximum atomic E-state index is 5.53. The number of ether oxygens (including phenoxy) is 1. The van der Waals surface area contributed by atoms with E-state index in [9.17, 15) is 0 Å². The molecule has 2 aromatic rings. The molecule has 2 aromatic heterocycles. The summed E-state index contributed by atoms with van der Waals surface area (Å²) in [6, 6.07) is 3.77. The first-order valence-corrected chi connectivity index (χ1v) is 6.96. The summed E-state index contributed by atoms with van der Waals surface area (Å²) < 4.78 is 5.53. The average molecular weight is 283 g/mol. The highest BCUT2D eigenvalue weighted by Gasteiger charge is 2.13. The zero-order chi connectivity index (χ0) is 14.7. The molecule has 3 rings (SSSR count). The van der Waals surface area contributed by atoms with Crippen molar-refractivity contribution in [3.63, 3.8) is 0 Å². The van der Waals surface area contributed by atoms with Gasteiger partial charge in [-0.15, -0.1) is 0 Å². The van der Waals surface area contributed by atoms with E-state index >= 15 is 0 Å². The third-order valence-corrected chi connectivity index (χ3v) is 3.04. The van der Waals surface area contributed by atoms with E-state index in [0.29, 0.717) is 5.88 Å². The molecule has 0 radical (unpaired) electrons. The smallest absolute Gasteiger partial charge is 0.213 e. The number of nitrogens with zero attached hydrogens (tertiary/aromatic N) is 4. The van der Waals surface area contributed by atoms with E-state index in [1.807, 2.05) is 26.0 Å². The number of aromatic nitrogens is 3. The van der Waals surface area contributed by atoms with Crippen LogP contribution in [0.15, 0.2) is 29.6 Å². The van der Waals surface area contributed by atoms with Crippen LogP contribution in [0.1, 0.15) is 25.1 Å². The van der Waals surface area contributed by atoms with E-state index in [1.165, 1.54) is 0 Å². The standard InChI is InChI=1S/C15H17N5O/c1-10(2)21-14-4-3-11(7-17-14)20-15-12-5-6-16-8-13(12)18-9-19-15/h3-4,7-10H,5-6H2,1-2H3,(H,18,19,20). The van der Waals surface area contributed by atoms with Crippen molar-refractivity contribution in [2.75, 3.05) is 11.9 Å². The topological polar surface area (TPSA) is 72.3 Å². The Morgan fingerprint density at radius 1 is 1.19 bits per heavy atom. The summed E-state index contributed by atoms with van der Waals surface area (Å²) in [6.07, 6.45) is 6.04. The van der Waals surface area contributed by atoms with Crippen molar-refractivity contribution in [3.05, 3.63) is 35.9 Å². The zero-order valence-electron chi connectivity index (χ0n) is 12.1. The van der Waals surface area contributed by atoms with Gasteiger partial charge in [-0.3, -0.25) is 4.99 Å². The Bertz CT molecular complexity index is 652. The van der Waals surface area contributed by atoms with Gasteiger partial charge in [0.25, 0.3) is 0 Å². The van der Waals surface area contributed by atoms with Gasteiger partial charge in [-0.2, -0.15) is 0 Å². The SMILES string of the molecule is CC(C)Oc1ccc(Nc2ncnc3c2CCN=C3)cn1. The molecule has 6 nitrogen and oxygen atoms in total. The molecule has 0 spiro atoms. The van der Waals surface area contributed by atoms with E-state index in [-0.39, 0.29) is 6.10 Å². The first-order valence-electron chi connectivity index (χ1n) is 6.96. The molecule has 0 amide bonds. The number of hydrogen-bond acceptors (Lipinski definition) is 6. The lowest BCUT2D eigenvalue weighted by Crippen LogP contribution is -2.10. The van der Waals surface area contributed by atoms with Crippen molar-refractivity contribution in [1.82, 2.24) is 15.0 Å². The minimum Gasteiger partial charge on any atom is -0.475 e. The second kappa shape index (κ2) is 5.87. The van der Waals surface area contributed by atoms with Crippen molar-refractivity contribution >= 4 is 17.7 Å². The minimum atomic E-state index is 0.115. The maximum Gasteiger partial charge on any atom is 0.213 e. The van der Waals surface area contributed by atoms with Gasteiger partial charge in [-0.25, -0.2) is 15.0 Å². The Hall–Kier alpha value is -2.50. The summed E-state index contributed by atoms with van der Waals surface area (Å²) in [4.78, 5) is 17.1. The highest BCUT2D eigenvalue weighted by molar-refractivity contribution is 5.82. The van der Waals surface area contributed by atoms with Gasteiger partial charge in [0, 0.05) is 24.4 Å². The number of nitrogens with one attached hydrogen (secondary N) is 1. The molecule has 0 saturated carbocycles. The number of rotatable bonds is 4. The Morgan fingerprint density at radius 2 is 2.10 bits per heavy atom. The summed E-state index contributed by atoms with van der Waals surface area (Å²) in [5, 5.41) is 3.28. The van der Waals surface area contributed by atoms with Crippen molar-refractivity contribution in [2.24, 2.45) is 4.99 Å². The molecular formula is C15H17N5O. The van der Waals surface area contributed by atoms with Gasteiger partial charge in [-0.1, -0.05) is 0 Å². The second-order valence-corrected chi connectivity index (χ2v) is 5.05. The van der Waals surface area contributed by atoms with Crippen molar-refractivity contribution < 1.29 is 4.74 Å². The van der Waals surface area contributed by atoms with Crippen LogP contribution in [0.3, 0.4) is 0 Å². The largest absolute Gasteiger partial charge is 0.475 e. The van der Waals surface area contributed by atoms with Crippen LogP contribution in [-0.4, -0.2) is 33.8 Å². The molecule has 0 fully saturated rings. The fraction of sp³-hybridized carbons (Fsp3) is 0.333. The quantitative estimate of drug-likeness (QED) is 0.932. The normalized spacial score (nSPS) is 13.1. The van der Waals surface area contributed by atoms with Gasteiger partial charge in [0.15, 0.2) is 0 Å². The Morgan fingerprint density at radius 3 is 2.86 bits per heavy atom. The summed E-state index contributed by atoms with van der Waals surface area (Å²) in [7, 11) is 0. The van der Waals surface area contributed by atoms with Crippen molar-refractivity contribution in [2.45, 2.75) is 26.4 Å². The fourth-order valence-electron chi connectivity index (χ4n) is 2.12. The molecule has 1 N–H and O–H groups in total. The van der Waals surface area contributed by atoms with Crippen molar-refractivity contribution in [3.8, 4) is 5.88 Å². The van der Waals surface area contributed by atoms with Crippen LogP contribution in [0.4, 0.5) is 11.5 Å². The van der Waals surface area contributed by atoms with Gasteiger partial charge in [-0.05, 0) is 26.3 Å². The highest BCUT2D eigenvalue weighted by Crippen LogP contribution is 2.22. The Labute approximate surface area is 123 Å². The average Bonchev–Trinajstić information content (AvgIpc) is 2.49. The number of aliphatic imine (C=N–C) groups is 1. The zero-order valence-corrected chi connectivity index (χ0v) is 12.1. The van der Waals surface area contributed by atoms with Crippen LogP contribution < -0.4 is 10.1 Å². The van der Waals surface area contributed by atoms with Crippen LogP contribution in [0.2, 0.25) is 0 Å². The van der Waals surface area contributed by atoms with E-state index in [0.717, 1.165) is 35.7 Å². The van der Waals surface area contributed by atoms with E-state index in [4.69, 9.17) is 4.74 Å². The summed E-state index contributed by atoms with van der Waals surface area (Å²) >= 11 is 0. The molecule has 1 aliphatic heterocycles.